The first-order chi connectivity index (χ1) is 8.02. The molecular formula is C11H9BrCl2N2O. The summed E-state index contributed by atoms with van der Waals surface area (Å²) in [5.41, 5.74) is 1.10. The number of nitrogens with zero attached hydrogens (tertiary/aromatic N) is 2. The predicted molar refractivity (Wildman–Crippen MR) is 71.4 cm³/mol. The van der Waals surface area contributed by atoms with E-state index in [0.29, 0.717) is 25.8 Å². The summed E-state index contributed by atoms with van der Waals surface area (Å²) in [6.45, 7) is 0. The number of aliphatic hydroxyl groups is 1. The van der Waals surface area contributed by atoms with Gasteiger partial charge in [0.1, 0.15) is 6.10 Å². The van der Waals surface area contributed by atoms with Crippen LogP contribution in [0.1, 0.15) is 17.4 Å². The minimum Gasteiger partial charge on any atom is -0.382 e. The molecule has 1 heterocycles. The summed E-state index contributed by atoms with van der Waals surface area (Å²) in [5.74, 6) is 0. The van der Waals surface area contributed by atoms with Gasteiger partial charge in [-0.25, -0.2) is 0 Å². The molecule has 0 aliphatic heterocycles. The minimum absolute atomic E-state index is 0.429. The van der Waals surface area contributed by atoms with E-state index in [-0.39, 0.29) is 0 Å². The SMILES string of the molecule is Cn1ncc(Br)c1C(O)c1c(Cl)cccc1Cl. The van der Waals surface area contributed by atoms with Crippen molar-refractivity contribution in [3.63, 3.8) is 0 Å². The van der Waals surface area contributed by atoms with Gasteiger partial charge < -0.3 is 5.11 Å². The molecule has 1 aromatic carbocycles. The molecule has 2 rings (SSSR count). The van der Waals surface area contributed by atoms with Gasteiger partial charge in [0.05, 0.1) is 16.4 Å². The predicted octanol–water partition coefficient (Wildman–Crippen LogP) is 3.57. The molecule has 0 aliphatic rings. The zero-order valence-electron chi connectivity index (χ0n) is 8.86. The lowest BCUT2D eigenvalue weighted by Crippen LogP contribution is -2.08. The lowest BCUT2D eigenvalue weighted by molar-refractivity contribution is 0.209. The van der Waals surface area contributed by atoms with Gasteiger partial charge in [0, 0.05) is 22.7 Å². The van der Waals surface area contributed by atoms with Crippen LogP contribution in [0.4, 0.5) is 0 Å². The van der Waals surface area contributed by atoms with Crippen LogP contribution in [0.25, 0.3) is 0 Å². The van der Waals surface area contributed by atoms with E-state index in [1.807, 2.05) is 0 Å². The Bertz CT molecular complexity index is 517. The molecular weight excluding hydrogens is 327 g/mol. The van der Waals surface area contributed by atoms with Crippen LogP contribution in [0.5, 0.6) is 0 Å². The molecule has 1 N–H and O–H groups in total. The summed E-state index contributed by atoms with van der Waals surface area (Å²) in [5, 5.41) is 15.2. The van der Waals surface area contributed by atoms with Crippen molar-refractivity contribution in [3.05, 3.63) is 50.2 Å². The van der Waals surface area contributed by atoms with Gasteiger partial charge >= 0.3 is 0 Å². The average molecular weight is 336 g/mol. The summed E-state index contributed by atoms with van der Waals surface area (Å²) in [7, 11) is 1.74. The molecule has 0 bridgehead atoms. The van der Waals surface area contributed by atoms with Crippen molar-refractivity contribution in [2.24, 2.45) is 7.05 Å². The second kappa shape index (κ2) is 4.98. The summed E-state index contributed by atoms with van der Waals surface area (Å²) in [6, 6.07) is 5.12. The molecule has 1 unspecified atom stereocenters. The maximum atomic E-state index is 10.3. The number of hydrogen-bond acceptors (Lipinski definition) is 2. The molecule has 0 spiro atoms. The molecule has 0 radical (unpaired) electrons. The normalized spacial score (nSPS) is 12.8. The van der Waals surface area contributed by atoms with Crippen LogP contribution in [0, 0.1) is 0 Å². The Morgan fingerprint density at radius 1 is 1.35 bits per heavy atom. The van der Waals surface area contributed by atoms with Gasteiger partial charge in [-0.15, -0.1) is 0 Å². The summed E-state index contributed by atoms with van der Waals surface area (Å²) in [4.78, 5) is 0. The van der Waals surface area contributed by atoms with Crippen LogP contribution in [-0.2, 0) is 7.05 Å². The highest BCUT2D eigenvalue weighted by molar-refractivity contribution is 9.10. The van der Waals surface area contributed by atoms with Gasteiger partial charge in [0.15, 0.2) is 0 Å². The van der Waals surface area contributed by atoms with E-state index in [4.69, 9.17) is 23.2 Å². The number of halogens is 3. The first-order valence-electron chi connectivity index (χ1n) is 4.81. The van der Waals surface area contributed by atoms with E-state index in [9.17, 15) is 5.11 Å². The van der Waals surface area contributed by atoms with Gasteiger partial charge in [0.25, 0.3) is 0 Å². The second-order valence-electron chi connectivity index (χ2n) is 3.54. The molecule has 1 atom stereocenters. The summed E-state index contributed by atoms with van der Waals surface area (Å²) in [6.07, 6.45) is 0.696. The maximum Gasteiger partial charge on any atom is 0.125 e. The van der Waals surface area contributed by atoms with Crippen molar-refractivity contribution in [2.45, 2.75) is 6.10 Å². The van der Waals surface area contributed by atoms with Crippen LogP contribution in [0.3, 0.4) is 0 Å². The molecule has 0 amide bonds. The molecule has 1 aromatic heterocycles. The zero-order chi connectivity index (χ0) is 12.6. The molecule has 0 saturated heterocycles. The van der Waals surface area contributed by atoms with Crippen molar-refractivity contribution >= 4 is 39.1 Å². The average Bonchev–Trinajstić information content (AvgIpc) is 2.58. The molecule has 17 heavy (non-hydrogen) atoms. The third kappa shape index (κ3) is 2.36. The Balaban J connectivity index is 2.55. The molecule has 0 aliphatic carbocycles. The number of rotatable bonds is 2. The van der Waals surface area contributed by atoms with Crippen molar-refractivity contribution in [1.82, 2.24) is 9.78 Å². The summed E-state index contributed by atoms with van der Waals surface area (Å²) < 4.78 is 2.29. The largest absolute Gasteiger partial charge is 0.382 e. The third-order valence-corrected chi connectivity index (χ3v) is 3.74. The number of hydrogen-bond donors (Lipinski definition) is 1. The van der Waals surface area contributed by atoms with E-state index in [0.717, 1.165) is 0 Å². The Morgan fingerprint density at radius 2 is 1.94 bits per heavy atom. The van der Waals surface area contributed by atoms with Crippen molar-refractivity contribution in [2.75, 3.05) is 0 Å². The van der Waals surface area contributed by atoms with Crippen LogP contribution >= 0.6 is 39.1 Å². The highest BCUT2D eigenvalue weighted by Crippen LogP contribution is 2.36. The maximum absolute atomic E-state index is 10.3. The Morgan fingerprint density at radius 3 is 2.41 bits per heavy atom. The molecule has 2 aromatic rings. The van der Waals surface area contributed by atoms with E-state index < -0.39 is 6.10 Å². The van der Waals surface area contributed by atoms with Crippen LogP contribution in [-0.4, -0.2) is 14.9 Å². The quantitative estimate of drug-likeness (QED) is 0.911. The molecule has 6 heteroatoms. The Hall–Kier alpha value is -0.550. The second-order valence-corrected chi connectivity index (χ2v) is 5.21. The molecule has 0 saturated carbocycles. The minimum atomic E-state index is -0.918. The van der Waals surface area contributed by atoms with Gasteiger partial charge in [-0.3, -0.25) is 4.68 Å². The van der Waals surface area contributed by atoms with Gasteiger partial charge in [-0.05, 0) is 28.1 Å². The number of aryl methyl sites for hydroxylation is 1. The van der Waals surface area contributed by atoms with Gasteiger partial charge in [0.2, 0.25) is 0 Å². The zero-order valence-corrected chi connectivity index (χ0v) is 12.0. The van der Waals surface area contributed by atoms with Crippen LogP contribution in [0.15, 0.2) is 28.9 Å². The van der Waals surface area contributed by atoms with E-state index in [1.54, 1.807) is 36.1 Å². The van der Waals surface area contributed by atoms with Crippen molar-refractivity contribution < 1.29 is 5.11 Å². The van der Waals surface area contributed by atoms with Crippen molar-refractivity contribution in [1.29, 1.82) is 0 Å². The lowest BCUT2D eigenvalue weighted by atomic mass is 10.1. The fourth-order valence-corrected chi connectivity index (χ4v) is 2.81. The standard InChI is InChI=1S/C11H9BrCl2N2O/c1-16-10(6(12)5-15-16)11(17)9-7(13)3-2-4-8(9)14/h2-5,11,17H,1H3. The fraction of sp³-hybridized carbons (Fsp3) is 0.182. The fourth-order valence-electron chi connectivity index (χ4n) is 1.64. The van der Waals surface area contributed by atoms with E-state index in [2.05, 4.69) is 21.0 Å². The molecule has 3 nitrogen and oxygen atoms in total. The topological polar surface area (TPSA) is 38.0 Å². The molecule has 0 fully saturated rings. The monoisotopic (exact) mass is 334 g/mol. The highest BCUT2D eigenvalue weighted by Gasteiger charge is 2.22. The van der Waals surface area contributed by atoms with E-state index >= 15 is 0 Å². The number of benzene rings is 1. The van der Waals surface area contributed by atoms with Gasteiger partial charge in [-0.2, -0.15) is 5.10 Å². The highest BCUT2D eigenvalue weighted by atomic mass is 79.9. The number of aliphatic hydroxyl groups excluding tert-OH is 1. The van der Waals surface area contributed by atoms with Crippen molar-refractivity contribution in [3.8, 4) is 0 Å². The Kier molecular flexibility index (Phi) is 3.78. The van der Waals surface area contributed by atoms with Gasteiger partial charge in [-0.1, -0.05) is 29.3 Å². The first kappa shape index (κ1) is 12.9. The van der Waals surface area contributed by atoms with Crippen LogP contribution < -0.4 is 0 Å². The van der Waals surface area contributed by atoms with Crippen LogP contribution in [0.2, 0.25) is 10.0 Å². The first-order valence-corrected chi connectivity index (χ1v) is 6.36. The smallest absolute Gasteiger partial charge is 0.125 e. The lowest BCUT2D eigenvalue weighted by Gasteiger charge is -2.15. The Labute approximate surface area is 117 Å². The summed E-state index contributed by atoms with van der Waals surface area (Å²) >= 11 is 15.4. The van der Waals surface area contributed by atoms with E-state index in [1.165, 1.54) is 0 Å². The third-order valence-electron chi connectivity index (χ3n) is 2.47. The molecule has 90 valence electrons. The number of aromatic nitrogens is 2.